The van der Waals surface area contributed by atoms with Gasteiger partial charge in [-0.05, 0) is 64.0 Å². The third kappa shape index (κ3) is 4.46. The van der Waals surface area contributed by atoms with E-state index in [1.54, 1.807) is 12.1 Å². The lowest BCUT2D eigenvalue weighted by Crippen LogP contribution is -2.29. The maximum absolute atomic E-state index is 13.3. The smallest absolute Gasteiger partial charge is 0.386 e. The first-order valence-corrected chi connectivity index (χ1v) is 10.3. The average molecular weight is 447 g/mol. The molecule has 2 aromatic heterocycles. The predicted molar refractivity (Wildman–Crippen MR) is 113 cm³/mol. The van der Waals surface area contributed by atoms with E-state index in [9.17, 15) is 23.1 Å². The Labute approximate surface area is 182 Å². The summed E-state index contributed by atoms with van der Waals surface area (Å²) in [6.45, 7) is 4.86. The van der Waals surface area contributed by atoms with Crippen LogP contribution in [-0.4, -0.2) is 38.9 Å². The molecule has 1 fully saturated rings. The Morgan fingerprint density at radius 1 is 1.22 bits per heavy atom. The fourth-order valence-electron chi connectivity index (χ4n) is 3.96. The van der Waals surface area contributed by atoms with Gasteiger partial charge >= 0.3 is 6.18 Å². The molecule has 32 heavy (non-hydrogen) atoms. The number of aliphatic hydroxyl groups is 1. The molecule has 1 aliphatic rings. The van der Waals surface area contributed by atoms with E-state index in [1.807, 2.05) is 10.9 Å². The Hall–Kier alpha value is -2.98. The molecule has 10 heteroatoms. The van der Waals surface area contributed by atoms with Crippen molar-refractivity contribution in [1.29, 1.82) is 0 Å². The minimum Gasteiger partial charge on any atom is -0.386 e. The number of hydrogen-bond acceptors (Lipinski definition) is 5. The molecular weight excluding hydrogens is 423 g/mol. The summed E-state index contributed by atoms with van der Waals surface area (Å²) in [6, 6.07) is 5.45. The first kappa shape index (κ1) is 22.2. The van der Waals surface area contributed by atoms with Gasteiger partial charge < -0.3 is 15.7 Å². The normalized spacial score (nSPS) is 15.8. The molecule has 1 aliphatic heterocycles. The summed E-state index contributed by atoms with van der Waals surface area (Å²) < 4.78 is 41.9. The van der Waals surface area contributed by atoms with Gasteiger partial charge in [0.2, 0.25) is 0 Å². The van der Waals surface area contributed by atoms with E-state index in [0.29, 0.717) is 16.5 Å². The van der Waals surface area contributed by atoms with E-state index >= 15 is 0 Å². The van der Waals surface area contributed by atoms with Crippen LogP contribution in [0.25, 0.3) is 10.9 Å². The highest BCUT2D eigenvalue weighted by Gasteiger charge is 2.36. The Morgan fingerprint density at radius 2 is 1.94 bits per heavy atom. The lowest BCUT2D eigenvalue weighted by Gasteiger charge is -2.22. The number of nitrogens with zero attached hydrogens (tertiary/aromatic N) is 3. The van der Waals surface area contributed by atoms with Gasteiger partial charge in [0.05, 0.1) is 22.7 Å². The van der Waals surface area contributed by atoms with Crippen LogP contribution in [0.5, 0.6) is 0 Å². The SMILES string of the molecule is CC(C)(O)c1cc2nn(C3CCNCC3)cc2cc1NC(=O)c1ncccc1C(F)(F)F. The van der Waals surface area contributed by atoms with Crippen molar-refractivity contribution in [2.75, 3.05) is 18.4 Å². The van der Waals surface area contributed by atoms with Crippen LogP contribution in [0.2, 0.25) is 0 Å². The van der Waals surface area contributed by atoms with Crippen LogP contribution in [0.1, 0.15) is 54.3 Å². The van der Waals surface area contributed by atoms with E-state index in [4.69, 9.17) is 0 Å². The van der Waals surface area contributed by atoms with Crippen molar-refractivity contribution in [3.63, 3.8) is 0 Å². The van der Waals surface area contributed by atoms with E-state index in [1.165, 1.54) is 13.8 Å². The predicted octanol–water partition coefficient (Wildman–Crippen LogP) is 3.85. The molecule has 0 atom stereocenters. The van der Waals surface area contributed by atoms with Crippen molar-refractivity contribution in [2.45, 2.75) is 44.5 Å². The number of fused-ring (bicyclic) bond motifs is 1. The van der Waals surface area contributed by atoms with Gasteiger partial charge in [-0.3, -0.25) is 14.5 Å². The average Bonchev–Trinajstić information content (AvgIpc) is 3.15. The molecule has 0 bridgehead atoms. The highest BCUT2D eigenvalue weighted by molar-refractivity contribution is 6.05. The van der Waals surface area contributed by atoms with Gasteiger partial charge in [-0.2, -0.15) is 18.3 Å². The number of nitrogens with one attached hydrogen (secondary N) is 2. The van der Waals surface area contributed by atoms with Gasteiger partial charge in [0.25, 0.3) is 5.91 Å². The minimum atomic E-state index is -4.72. The van der Waals surface area contributed by atoms with Crippen LogP contribution in [0.3, 0.4) is 0 Å². The number of benzene rings is 1. The third-order valence-corrected chi connectivity index (χ3v) is 5.58. The monoisotopic (exact) mass is 447 g/mol. The maximum Gasteiger partial charge on any atom is 0.418 e. The van der Waals surface area contributed by atoms with Crippen molar-refractivity contribution in [2.24, 2.45) is 0 Å². The summed E-state index contributed by atoms with van der Waals surface area (Å²) in [7, 11) is 0. The summed E-state index contributed by atoms with van der Waals surface area (Å²) in [6.07, 6.45) is 0.121. The lowest BCUT2D eigenvalue weighted by atomic mass is 9.95. The van der Waals surface area contributed by atoms with Crippen LogP contribution >= 0.6 is 0 Å². The third-order valence-electron chi connectivity index (χ3n) is 5.58. The number of halogens is 3. The molecule has 3 heterocycles. The highest BCUT2D eigenvalue weighted by Crippen LogP contribution is 2.35. The molecule has 3 aromatic rings. The van der Waals surface area contributed by atoms with Crippen molar-refractivity contribution in [1.82, 2.24) is 20.1 Å². The molecular formula is C22H24F3N5O2. The number of alkyl halides is 3. The molecule has 7 nitrogen and oxygen atoms in total. The quantitative estimate of drug-likeness (QED) is 0.565. The number of amides is 1. The summed E-state index contributed by atoms with van der Waals surface area (Å²) in [5.41, 5.74) is -2.04. The number of anilines is 1. The van der Waals surface area contributed by atoms with E-state index in [2.05, 4.69) is 20.7 Å². The zero-order valence-electron chi connectivity index (χ0n) is 17.7. The number of aromatic nitrogens is 3. The fraction of sp³-hybridized carbons (Fsp3) is 0.409. The molecule has 0 aliphatic carbocycles. The first-order chi connectivity index (χ1) is 15.0. The van der Waals surface area contributed by atoms with Gasteiger partial charge in [0.15, 0.2) is 0 Å². The zero-order chi connectivity index (χ0) is 23.1. The second kappa shape index (κ2) is 8.18. The zero-order valence-corrected chi connectivity index (χ0v) is 17.7. The molecule has 1 saturated heterocycles. The largest absolute Gasteiger partial charge is 0.418 e. The second-order valence-electron chi connectivity index (χ2n) is 8.46. The number of carbonyl (C=O) groups excluding carboxylic acids is 1. The fourth-order valence-corrected chi connectivity index (χ4v) is 3.96. The molecule has 0 unspecified atom stereocenters. The van der Waals surface area contributed by atoms with Crippen molar-refractivity contribution < 1.29 is 23.1 Å². The standard InChI is InChI=1S/C22H24F3N5O2/c1-21(2,32)16-11-17-13(12-30(29-17)14-5-8-26-9-6-14)10-18(16)28-20(31)19-15(22(23,24)25)4-3-7-27-19/h3-4,7,10-12,14,26,32H,5-6,8-9H2,1-2H3,(H,28,31). The molecule has 3 N–H and O–H groups in total. The minimum absolute atomic E-state index is 0.207. The molecule has 0 saturated carbocycles. The van der Waals surface area contributed by atoms with Gasteiger partial charge in [-0.15, -0.1) is 0 Å². The summed E-state index contributed by atoms with van der Waals surface area (Å²) in [4.78, 5) is 16.4. The molecule has 0 radical (unpaired) electrons. The van der Waals surface area contributed by atoms with Gasteiger partial charge in [0.1, 0.15) is 5.69 Å². The molecule has 1 amide bonds. The number of pyridine rings is 1. The number of rotatable bonds is 4. The first-order valence-electron chi connectivity index (χ1n) is 10.3. The molecule has 0 spiro atoms. The van der Waals surface area contributed by atoms with Crippen molar-refractivity contribution >= 4 is 22.5 Å². The van der Waals surface area contributed by atoms with Gasteiger partial charge in [-0.1, -0.05) is 0 Å². The lowest BCUT2D eigenvalue weighted by molar-refractivity contribution is -0.138. The molecule has 4 rings (SSSR count). The van der Waals surface area contributed by atoms with E-state index in [0.717, 1.165) is 44.3 Å². The summed E-state index contributed by atoms with van der Waals surface area (Å²) in [5, 5.41) is 21.8. The van der Waals surface area contributed by atoms with Gasteiger partial charge in [0, 0.05) is 29.0 Å². The number of hydrogen-bond donors (Lipinski definition) is 3. The topological polar surface area (TPSA) is 92.1 Å². The van der Waals surface area contributed by atoms with Gasteiger partial charge in [-0.25, -0.2) is 0 Å². The maximum atomic E-state index is 13.3. The summed E-state index contributed by atoms with van der Waals surface area (Å²) in [5.74, 6) is -1.01. The Kier molecular flexibility index (Phi) is 5.68. The Bertz CT molecular complexity index is 1140. The molecule has 170 valence electrons. The highest BCUT2D eigenvalue weighted by atomic mass is 19.4. The Morgan fingerprint density at radius 3 is 2.59 bits per heavy atom. The second-order valence-corrected chi connectivity index (χ2v) is 8.46. The van der Waals surface area contributed by atoms with Crippen LogP contribution < -0.4 is 10.6 Å². The van der Waals surface area contributed by atoms with E-state index < -0.39 is 28.9 Å². The summed E-state index contributed by atoms with van der Waals surface area (Å²) >= 11 is 0. The number of piperidine rings is 1. The number of carbonyl (C=O) groups is 1. The van der Waals surface area contributed by atoms with E-state index in [-0.39, 0.29) is 11.7 Å². The van der Waals surface area contributed by atoms with Crippen LogP contribution in [0.15, 0.2) is 36.7 Å². The molecule has 1 aromatic carbocycles. The van der Waals surface area contributed by atoms with Crippen LogP contribution in [-0.2, 0) is 11.8 Å². The Balaban J connectivity index is 1.73. The van der Waals surface area contributed by atoms with Crippen molar-refractivity contribution in [3.8, 4) is 0 Å². The van der Waals surface area contributed by atoms with Crippen LogP contribution in [0, 0.1) is 0 Å². The van der Waals surface area contributed by atoms with Crippen molar-refractivity contribution in [3.05, 3.63) is 53.5 Å². The van der Waals surface area contributed by atoms with Crippen LogP contribution in [0.4, 0.5) is 18.9 Å².